The Morgan fingerprint density at radius 3 is 2.37 bits per heavy atom. The zero-order valence-corrected chi connectivity index (χ0v) is 29.3. The second-order valence-corrected chi connectivity index (χ2v) is 19.4. The van der Waals surface area contributed by atoms with Crippen LogP contribution < -0.4 is 13.9 Å². The Bertz CT molecular complexity index is 1980. The van der Waals surface area contributed by atoms with E-state index in [1.54, 1.807) is 30.0 Å². The maximum absolute atomic E-state index is 14.1. The van der Waals surface area contributed by atoms with Gasteiger partial charge >= 0.3 is 262 Å². The van der Waals surface area contributed by atoms with E-state index in [9.17, 15) is 18.0 Å². The first-order valence-electron chi connectivity index (χ1n) is 15.1. The second-order valence-electron chi connectivity index (χ2n) is 12.9. The standard InChI is InChI=1S/C29H25F3N7O2.C4H9.Sn/c1-16(2)38-14-21(29(30,31)32)36-26(38)19-6-4-17(5-7-19)13-39-22(40)11-10-20-12-33-25(37-27(20)39)23-24(18-8-9-18)34-15-35-28(23)41-3;1-4(2)3;/h4-7,10,12,14-16,18H,8-9,13H2,1-3H3;1-3H3;. The van der Waals surface area contributed by atoms with Crippen LogP contribution >= 0.6 is 0 Å². The van der Waals surface area contributed by atoms with Crippen molar-refractivity contribution in [3.8, 4) is 28.7 Å². The number of nitrogens with zero attached hydrogens (tertiary/aromatic N) is 7. The molecule has 6 rings (SSSR count). The fourth-order valence-corrected chi connectivity index (χ4v) is 9.06. The van der Waals surface area contributed by atoms with E-state index in [2.05, 4.69) is 35.7 Å². The Morgan fingerprint density at radius 2 is 1.76 bits per heavy atom. The third kappa shape index (κ3) is 6.53. The number of halogens is 3. The van der Waals surface area contributed by atoms with E-state index in [0.29, 0.717) is 28.5 Å². The number of pyridine rings is 1. The van der Waals surface area contributed by atoms with Crippen molar-refractivity contribution in [3.63, 3.8) is 0 Å². The summed E-state index contributed by atoms with van der Waals surface area (Å²) in [5.41, 5.74) is 2.27. The van der Waals surface area contributed by atoms with Crippen molar-refractivity contribution in [2.75, 3.05) is 7.11 Å². The molecule has 0 bridgehead atoms. The van der Waals surface area contributed by atoms with E-state index >= 15 is 0 Å². The average Bonchev–Trinajstić information content (AvgIpc) is 3.74. The van der Waals surface area contributed by atoms with Gasteiger partial charge in [0.15, 0.2) is 0 Å². The summed E-state index contributed by atoms with van der Waals surface area (Å²) < 4.78 is 50.1. The van der Waals surface area contributed by atoms with E-state index in [4.69, 9.17) is 14.7 Å². The van der Waals surface area contributed by atoms with Crippen molar-refractivity contribution in [1.29, 1.82) is 0 Å². The molecule has 1 saturated carbocycles. The molecule has 0 saturated heterocycles. The van der Waals surface area contributed by atoms with Gasteiger partial charge in [0.2, 0.25) is 0 Å². The molecule has 0 spiro atoms. The molecule has 1 fully saturated rings. The van der Waals surface area contributed by atoms with Crippen molar-refractivity contribution in [1.82, 2.24) is 34.1 Å². The molecule has 2 radical (unpaired) electrons. The number of alkyl halides is 3. The summed E-state index contributed by atoms with van der Waals surface area (Å²) in [6, 6.07) is 8.84. The normalized spacial score (nSPS) is 14.0. The molecule has 1 aromatic carbocycles. The number of hydrogen-bond donors (Lipinski definition) is 0. The molecule has 4 aromatic heterocycles. The summed E-state index contributed by atoms with van der Waals surface area (Å²) in [5.74, 6) is 1.29. The molecule has 0 atom stereocenters. The van der Waals surface area contributed by atoms with Crippen molar-refractivity contribution in [2.45, 2.75) is 75.6 Å². The molecule has 9 nitrogen and oxygen atoms in total. The van der Waals surface area contributed by atoms with Crippen LogP contribution in [-0.2, 0) is 12.7 Å². The van der Waals surface area contributed by atoms with E-state index in [1.165, 1.54) is 10.9 Å². The van der Waals surface area contributed by atoms with E-state index in [0.717, 1.165) is 39.3 Å². The predicted octanol–water partition coefficient (Wildman–Crippen LogP) is 6.19. The number of rotatable bonds is 8. The van der Waals surface area contributed by atoms with Gasteiger partial charge < -0.3 is 0 Å². The number of hydrogen-bond acceptors (Lipinski definition) is 7. The zero-order chi connectivity index (χ0) is 33.0. The summed E-state index contributed by atoms with van der Waals surface area (Å²) in [6.45, 7) is 10.3. The molecule has 13 heteroatoms. The van der Waals surface area contributed by atoms with Gasteiger partial charge in [-0.05, 0) is 0 Å². The summed E-state index contributed by atoms with van der Waals surface area (Å²) in [4.78, 5) is 36.5. The molecule has 0 unspecified atom stereocenters. The molecule has 0 amide bonds. The van der Waals surface area contributed by atoms with Gasteiger partial charge in [-0.2, -0.15) is 13.2 Å². The number of ether oxygens (including phenoxy) is 1. The third-order valence-corrected chi connectivity index (χ3v) is 11.6. The molecule has 1 aliphatic carbocycles. The van der Waals surface area contributed by atoms with Gasteiger partial charge in [0.05, 0.1) is 0 Å². The van der Waals surface area contributed by atoms with Gasteiger partial charge in [-0.15, -0.1) is 0 Å². The molecule has 46 heavy (non-hydrogen) atoms. The van der Waals surface area contributed by atoms with Crippen LogP contribution in [0.1, 0.15) is 76.4 Å². The Labute approximate surface area is 274 Å². The number of benzene rings is 1. The molecule has 238 valence electrons. The molecule has 4 heterocycles. The van der Waals surface area contributed by atoms with Gasteiger partial charge in [0.25, 0.3) is 0 Å². The summed E-state index contributed by atoms with van der Waals surface area (Å²) in [6.07, 6.45) is 1.75. The van der Waals surface area contributed by atoms with Crippen LogP contribution in [0.2, 0.25) is 3.43 Å². The minimum absolute atomic E-state index is 0.0258. The first-order chi connectivity index (χ1) is 21.7. The molecular weight excluding hydrogens is 702 g/mol. The van der Waals surface area contributed by atoms with Crippen molar-refractivity contribution in [2.24, 2.45) is 0 Å². The maximum atomic E-state index is 14.1. The third-order valence-electron chi connectivity index (χ3n) is 7.69. The van der Waals surface area contributed by atoms with Gasteiger partial charge in [0, 0.05) is 0 Å². The van der Waals surface area contributed by atoms with Crippen LogP contribution in [0.5, 0.6) is 5.88 Å². The predicted molar refractivity (Wildman–Crippen MR) is 171 cm³/mol. The topological polar surface area (TPSA) is 101 Å². The SMILES string of the molecule is COc1ncnc(C2CC2)c1-c1ncc2c[c]([Sn][C](C)(C)C)c(=O)n(Cc3ccc(-c4nc(C(F)(F)F)cn4C(C)C)cc3)c2n1. The van der Waals surface area contributed by atoms with Gasteiger partial charge in [-0.3, -0.25) is 0 Å². The Morgan fingerprint density at radius 1 is 1.04 bits per heavy atom. The molecule has 5 aromatic rings. The quantitative estimate of drug-likeness (QED) is 0.175. The first-order valence-corrected chi connectivity index (χ1v) is 17.9. The van der Waals surface area contributed by atoms with Crippen LogP contribution in [0.15, 0.2) is 53.8 Å². The second kappa shape index (κ2) is 12.1. The number of fused-ring (bicyclic) bond motifs is 1. The average molecular weight is 736 g/mol. The summed E-state index contributed by atoms with van der Waals surface area (Å²) >= 11 is -1.32. The zero-order valence-electron chi connectivity index (χ0n) is 26.5. The summed E-state index contributed by atoms with van der Waals surface area (Å²) in [5, 5.41) is 0.752. The van der Waals surface area contributed by atoms with Crippen molar-refractivity contribution in [3.05, 3.63) is 76.4 Å². The van der Waals surface area contributed by atoms with E-state index in [-0.39, 0.29) is 33.3 Å². The molecule has 0 N–H and O–H groups in total. The monoisotopic (exact) mass is 737 g/mol. The Kier molecular flexibility index (Phi) is 8.45. The summed E-state index contributed by atoms with van der Waals surface area (Å²) in [7, 11) is 1.55. The van der Waals surface area contributed by atoms with Crippen molar-refractivity contribution < 1.29 is 17.9 Å². The van der Waals surface area contributed by atoms with E-state index in [1.807, 2.05) is 32.0 Å². The Hall–Kier alpha value is -3.81. The van der Waals surface area contributed by atoms with Gasteiger partial charge in [0.1, 0.15) is 0 Å². The molecule has 0 aliphatic heterocycles. The fraction of sp³-hybridized carbons (Fsp3) is 0.394. The van der Waals surface area contributed by atoms with E-state index < -0.39 is 33.0 Å². The van der Waals surface area contributed by atoms with Crippen LogP contribution in [0.25, 0.3) is 33.8 Å². The number of methoxy groups -OCH3 is 1. The van der Waals surface area contributed by atoms with Crippen LogP contribution in [0, 0.1) is 0 Å². The molecule has 1 aliphatic rings. The first kappa shape index (κ1) is 32.1. The number of imidazole rings is 1. The number of aromatic nitrogens is 7. The van der Waals surface area contributed by atoms with Gasteiger partial charge in [-0.1, -0.05) is 0 Å². The molecular formula is C33H34F3N7O2Sn. The van der Waals surface area contributed by atoms with Crippen LogP contribution in [-0.4, -0.2) is 62.3 Å². The minimum atomic E-state index is -4.55. The Balaban J connectivity index is 1.45. The van der Waals surface area contributed by atoms with Crippen LogP contribution in [0.3, 0.4) is 0 Å². The van der Waals surface area contributed by atoms with Crippen LogP contribution in [0.4, 0.5) is 13.2 Å². The van der Waals surface area contributed by atoms with Crippen molar-refractivity contribution >= 4 is 35.8 Å². The fourth-order valence-electron chi connectivity index (χ4n) is 5.41. The van der Waals surface area contributed by atoms with Gasteiger partial charge in [-0.25, -0.2) is 0 Å².